The van der Waals surface area contributed by atoms with Gasteiger partial charge in [0.15, 0.2) is 0 Å². The van der Waals surface area contributed by atoms with Crippen LogP contribution in [0.3, 0.4) is 0 Å². The maximum absolute atomic E-state index is 12.1. The van der Waals surface area contributed by atoms with E-state index in [1.54, 1.807) is 13.0 Å². The monoisotopic (exact) mass is 344 g/mol. The van der Waals surface area contributed by atoms with E-state index >= 15 is 0 Å². The second-order valence-corrected chi connectivity index (χ2v) is 6.26. The Hall–Kier alpha value is -2.53. The first-order valence-electron chi connectivity index (χ1n) is 7.60. The molecule has 2 aromatic rings. The van der Waals surface area contributed by atoms with Gasteiger partial charge in [-0.3, -0.25) is 9.69 Å². The van der Waals surface area contributed by atoms with Crippen molar-refractivity contribution in [1.82, 2.24) is 0 Å². The summed E-state index contributed by atoms with van der Waals surface area (Å²) in [5, 5.41) is -0.747. The summed E-state index contributed by atoms with van der Waals surface area (Å²) in [6.07, 6.45) is -0.104. The molecule has 1 heterocycles. The van der Waals surface area contributed by atoms with Gasteiger partial charge in [0.25, 0.3) is 0 Å². The number of nitrogens with two attached hydrogens (primary N) is 1. The number of esters is 1. The van der Waals surface area contributed by atoms with Gasteiger partial charge in [0.1, 0.15) is 11.5 Å². The lowest BCUT2D eigenvalue weighted by Gasteiger charge is -2.23. The minimum Gasteiger partial charge on any atom is -0.456 e. The Morgan fingerprint density at radius 3 is 2.46 bits per heavy atom. The fourth-order valence-corrected chi connectivity index (χ4v) is 2.93. The zero-order chi connectivity index (χ0) is 17.3. The van der Waals surface area contributed by atoms with Crippen LogP contribution in [0.4, 0.5) is 16.2 Å². The summed E-state index contributed by atoms with van der Waals surface area (Å²) in [7, 11) is 0. The Kier molecular flexibility index (Phi) is 4.44. The summed E-state index contributed by atoms with van der Waals surface area (Å²) in [6.45, 7) is 1.57. The van der Waals surface area contributed by atoms with Crippen LogP contribution in [0.2, 0.25) is 0 Å². The Bertz CT molecular complexity index is 791. The van der Waals surface area contributed by atoms with E-state index in [4.69, 9.17) is 22.1 Å². The van der Waals surface area contributed by atoms with Gasteiger partial charge in [-0.1, -0.05) is 36.4 Å². The molecule has 0 fully saturated rings. The zero-order valence-electron chi connectivity index (χ0n) is 13.1. The first kappa shape index (κ1) is 16.3. The SMILES string of the molecule is CC(Cl)C(=O)O[C@@H]1Cc2ccccc2N(C(N)=O)c2ccccc21. The van der Waals surface area contributed by atoms with Crippen LogP contribution in [0.5, 0.6) is 0 Å². The van der Waals surface area contributed by atoms with Crippen molar-refractivity contribution in [3.05, 3.63) is 59.7 Å². The second-order valence-electron chi connectivity index (χ2n) is 5.61. The highest BCUT2D eigenvalue weighted by Gasteiger charge is 2.31. The number of carbonyl (C=O) groups excluding carboxylic acids is 2. The van der Waals surface area contributed by atoms with Crippen molar-refractivity contribution in [2.75, 3.05) is 4.90 Å². The van der Waals surface area contributed by atoms with Crippen molar-refractivity contribution >= 4 is 35.0 Å². The Balaban J connectivity index is 2.15. The van der Waals surface area contributed by atoms with Crippen LogP contribution in [-0.2, 0) is 16.0 Å². The van der Waals surface area contributed by atoms with E-state index in [9.17, 15) is 9.59 Å². The Morgan fingerprint density at radius 1 is 1.17 bits per heavy atom. The topological polar surface area (TPSA) is 72.6 Å². The van der Waals surface area contributed by atoms with Gasteiger partial charge in [0.2, 0.25) is 0 Å². The van der Waals surface area contributed by atoms with Gasteiger partial charge >= 0.3 is 12.0 Å². The van der Waals surface area contributed by atoms with Crippen LogP contribution in [0.1, 0.15) is 24.2 Å². The number of carbonyl (C=O) groups is 2. The fraction of sp³-hybridized carbons (Fsp3) is 0.222. The lowest BCUT2D eigenvalue weighted by Crippen LogP contribution is -2.32. The number of hydrogen-bond acceptors (Lipinski definition) is 3. The molecule has 1 unspecified atom stereocenters. The molecular formula is C18H17ClN2O3. The van der Waals surface area contributed by atoms with Crippen LogP contribution >= 0.6 is 11.6 Å². The molecule has 124 valence electrons. The predicted octanol–water partition coefficient (Wildman–Crippen LogP) is 3.67. The highest BCUT2D eigenvalue weighted by atomic mass is 35.5. The number of nitrogens with zero attached hydrogens (tertiary/aromatic N) is 1. The minimum absolute atomic E-state index is 0.437. The second kappa shape index (κ2) is 6.53. The van der Waals surface area contributed by atoms with Crippen molar-refractivity contribution in [3.63, 3.8) is 0 Å². The quantitative estimate of drug-likeness (QED) is 0.667. The number of benzene rings is 2. The van der Waals surface area contributed by atoms with Crippen LogP contribution in [0.25, 0.3) is 0 Å². The molecule has 0 aromatic heterocycles. The van der Waals surface area contributed by atoms with Crippen LogP contribution in [0.15, 0.2) is 48.5 Å². The third-order valence-electron chi connectivity index (χ3n) is 3.97. The van der Waals surface area contributed by atoms with E-state index in [-0.39, 0.29) is 0 Å². The average Bonchev–Trinajstić information content (AvgIpc) is 2.69. The molecule has 2 aromatic carbocycles. The van der Waals surface area contributed by atoms with E-state index in [0.29, 0.717) is 17.8 Å². The summed E-state index contributed by atoms with van der Waals surface area (Å²) in [5.74, 6) is -0.499. The average molecular weight is 345 g/mol. The van der Waals surface area contributed by atoms with E-state index in [2.05, 4.69) is 0 Å². The zero-order valence-corrected chi connectivity index (χ0v) is 13.9. The van der Waals surface area contributed by atoms with Gasteiger partial charge in [0, 0.05) is 12.0 Å². The number of primary amides is 1. The molecule has 3 rings (SSSR count). The number of rotatable bonds is 2. The number of halogens is 1. The molecule has 6 heteroatoms. The molecule has 1 aliphatic rings. The van der Waals surface area contributed by atoms with Gasteiger partial charge in [-0.15, -0.1) is 11.6 Å². The van der Waals surface area contributed by atoms with Crippen molar-refractivity contribution in [2.45, 2.75) is 24.8 Å². The molecule has 1 aliphatic heterocycles. The number of ether oxygens (including phenoxy) is 1. The Labute approximate surface area is 145 Å². The molecule has 0 saturated heterocycles. The van der Waals surface area contributed by atoms with Gasteiger partial charge < -0.3 is 10.5 Å². The largest absolute Gasteiger partial charge is 0.456 e. The van der Waals surface area contributed by atoms with Crippen molar-refractivity contribution in [3.8, 4) is 0 Å². The number of hydrogen-bond donors (Lipinski definition) is 1. The van der Waals surface area contributed by atoms with E-state index in [0.717, 1.165) is 11.1 Å². The summed E-state index contributed by atoms with van der Waals surface area (Å²) < 4.78 is 5.59. The number of urea groups is 1. The summed E-state index contributed by atoms with van der Waals surface area (Å²) >= 11 is 5.84. The first-order chi connectivity index (χ1) is 11.5. The molecule has 0 radical (unpaired) electrons. The maximum Gasteiger partial charge on any atom is 0.324 e. The predicted molar refractivity (Wildman–Crippen MR) is 92.5 cm³/mol. The van der Waals surface area contributed by atoms with Crippen molar-refractivity contribution in [2.24, 2.45) is 5.73 Å². The smallest absolute Gasteiger partial charge is 0.324 e. The van der Waals surface area contributed by atoms with Gasteiger partial charge in [0.05, 0.1) is 11.4 Å². The molecule has 0 saturated carbocycles. The lowest BCUT2D eigenvalue weighted by atomic mass is 10.0. The molecule has 24 heavy (non-hydrogen) atoms. The van der Waals surface area contributed by atoms with E-state index < -0.39 is 23.5 Å². The first-order valence-corrected chi connectivity index (χ1v) is 8.03. The highest BCUT2D eigenvalue weighted by Crippen LogP contribution is 2.41. The fourth-order valence-electron chi connectivity index (χ4n) is 2.88. The highest BCUT2D eigenvalue weighted by molar-refractivity contribution is 6.29. The van der Waals surface area contributed by atoms with Crippen molar-refractivity contribution < 1.29 is 14.3 Å². The third kappa shape index (κ3) is 2.95. The summed E-state index contributed by atoms with van der Waals surface area (Å²) in [5.41, 5.74) is 8.50. The number of alkyl halides is 1. The molecule has 2 atom stereocenters. The third-order valence-corrected chi connectivity index (χ3v) is 4.14. The molecule has 0 bridgehead atoms. The Morgan fingerprint density at radius 2 is 1.79 bits per heavy atom. The standard InChI is InChI=1S/C18H17ClN2O3/c1-11(19)17(22)24-16-10-12-6-2-4-8-14(12)21(18(20)23)15-9-5-3-7-13(15)16/h2-9,11,16H,10H2,1H3,(H2,20,23)/t11?,16-/m1/s1. The van der Waals surface area contributed by atoms with Gasteiger partial charge in [-0.2, -0.15) is 0 Å². The van der Waals surface area contributed by atoms with Crippen LogP contribution in [0, 0.1) is 0 Å². The molecule has 0 aliphatic carbocycles. The summed E-state index contributed by atoms with van der Waals surface area (Å²) in [4.78, 5) is 25.5. The van der Waals surface area contributed by atoms with Gasteiger partial charge in [-0.05, 0) is 24.6 Å². The summed E-state index contributed by atoms with van der Waals surface area (Å²) in [6, 6.07) is 14.1. The number of para-hydroxylation sites is 2. The van der Waals surface area contributed by atoms with E-state index in [1.165, 1.54) is 4.90 Å². The molecular weight excluding hydrogens is 328 g/mol. The van der Waals surface area contributed by atoms with Gasteiger partial charge in [-0.25, -0.2) is 4.79 Å². The molecule has 2 N–H and O–H groups in total. The number of fused-ring (bicyclic) bond motifs is 2. The minimum atomic E-state index is -0.747. The van der Waals surface area contributed by atoms with Crippen LogP contribution in [-0.4, -0.2) is 17.4 Å². The normalized spacial score (nSPS) is 17.2. The lowest BCUT2D eigenvalue weighted by molar-refractivity contribution is -0.148. The molecule has 0 spiro atoms. The van der Waals surface area contributed by atoms with Crippen LogP contribution < -0.4 is 10.6 Å². The number of amides is 2. The molecule has 2 amide bonds. The maximum atomic E-state index is 12.1. The van der Waals surface area contributed by atoms with Crippen molar-refractivity contribution in [1.29, 1.82) is 0 Å². The van der Waals surface area contributed by atoms with E-state index in [1.807, 2.05) is 42.5 Å². The number of anilines is 2. The molecule has 5 nitrogen and oxygen atoms in total.